The number of hydrogen-bond acceptors (Lipinski definition) is 3. The number of nitrogens with zero attached hydrogens (tertiary/aromatic N) is 1. The lowest BCUT2D eigenvalue weighted by molar-refractivity contribution is 0.169. The average Bonchev–Trinajstić information content (AvgIpc) is 2.63. The second-order valence-corrected chi connectivity index (χ2v) is 6.09. The fourth-order valence-corrected chi connectivity index (χ4v) is 2.71. The second kappa shape index (κ2) is 9.77. The Morgan fingerprint density at radius 2 is 1.96 bits per heavy atom. The lowest BCUT2D eigenvalue weighted by Crippen LogP contribution is -2.41. The molecule has 0 saturated heterocycles. The molecule has 2 rings (SSSR count). The van der Waals surface area contributed by atoms with Crippen molar-refractivity contribution in [2.24, 2.45) is 0 Å². The molecule has 1 atom stereocenters. The number of aryl methyl sites for hydroxylation is 1. The average molecular weight is 359 g/mol. The van der Waals surface area contributed by atoms with Crippen LogP contribution >= 0.6 is 0 Å². The molecule has 0 radical (unpaired) electrons. The van der Waals surface area contributed by atoms with E-state index in [1.807, 2.05) is 25.1 Å². The van der Waals surface area contributed by atoms with Crippen LogP contribution in [0.1, 0.15) is 24.2 Å². The SMILES string of the molecule is CCN(CCNC(=O)NCC(O)c1ccccc1F)c1cccc(C)c1. The van der Waals surface area contributed by atoms with Gasteiger partial charge in [-0.05, 0) is 37.6 Å². The minimum absolute atomic E-state index is 0.0534. The first-order valence-corrected chi connectivity index (χ1v) is 8.77. The van der Waals surface area contributed by atoms with Crippen LogP contribution in [0.4, 0.5) is 14.9 Å². The lowest BCUT2D eigenvalue weighted by atomic mass is 10.1. The number of rotatable bonds is 8. The molecule has 0 aliphatic rings. The number of aliphatic hydroxyl groups is 1. The second-order valence-electron chi connectivity index (χ2n) is 6.09. The van der Waals surface area contributed by atoms with E-state index in [9.17, 15) is 14.3 Å². The predicted molar refractivity (Wildman–Crippen MR) is 102 cm³/mol. The van der Waals surface area contributed by atoms with Gasteiger partial charge in [0.1, 0.15) is 5.82 Å². The third-order valence-corrected chi connectivity index (χ3v) is 4.14. The fraction of sp³-hybridized carbons (Fsp3) is 0.350. The molecular weight excluding hydrogens is 333 g/mol. The van der Waals surface area contributed by atoms with Crippen molar-refractivity contribution in [3.8, 4) is 0 Å². The van der Waals surface area contributed by atoms with E-state index in [0.717, 1.165) is 12.2 Å². The smallest absolute Gasteiger partial charge is 0.314 e. The maximum atomic E-state index is 13.6. The Hall–Kier alpha value is -2.60. The van der Waals surface area contributed by atoms with Crippen LogP contribution < -0.4 is 15.5 Å². The highest BCUT2D eigenvalue weighted by Gasteiger charge is 2.13. The molecule has 2 aromatic rings. The minimum atomic E-state index is -1.08. The fourth-order valence-electron chi connectivity index (χ4n) is 2.71. The highest BCUT2D eigenvalue weighted by molar-refractivity contribution is 5.73. The largest absolute Gasteiger partial charge is 0.386 e. The normalized spacial score (nSPS) is 11.7. The molecule has 3 N–H and O–H groups in total. The molecule has 0 aliphatic carbocycles. The number of halogens is 1. The molecule has 1 unspecified atom stereocenters. The Morgan fingerprint density at radius 3 is 2.65 bits per heavy atom. The van der Waals surface area contributed by atoms with Gasteiger partial charge in [0, 0.05) is 37.4 Å². The van der Waals surface area contributed by atoms with Crippen LogP contribution in [-0.2, 0) is 0 Å². The van der Waals surface area contributed by atoms with Gasteiger partial charge in [0.05, 0.1) is 6.10 Å². The van der Waals surface area contributed by atoms with Gasteiger partial charge >= 0.3 is 6.03 Å². The molecule has 26 heavy (non-hydrogen) atoms. The summed E-state index contributed by atoms with van der Waals surface area (Å²) in [7, 11) is 0. The van der Waals surface area contributed by atoms with Crippen LogP contribution in [0.5, 0.6) is 0 Å². The predicted octanol–water partition coefficient (Wildman–Crippen LogP) is 2.99. The van der Waals surface area contributed by atoms with Crippen molar-refractivity contribution in [1.82, 2.24) is 10.6 Å². The summed E-state index contributed by atoms with van der Waals surface area (Å²) in [5, 5.41) is 15.3. The highest BCUT2D eigenvalue weighted by Crippen LogP contribution is 2.16. The molecule has 2 aromatic carbocycles. The van der Waals surface area contributed by atoms with Gasteiger partial charge < -0.3 is 20.6 Å². The number of likely N-dealkylation sites (N-methyl/N-ethyl adjacent to an activating group) is 1. The molecule has 0 bridgehead atoms. The van der Waals surface area contributed by atoms with E-state index in [1.165, 1.54) is 17.7 Å². The maximum absolute atomic E-state index is 13.6. The Labute approximate surface area is 153 Å². The van der Waals surface area contributed by atoms with E-state index in [0.29, 0.717) is 13.1 Å². The third kappa shape index (κ3) is 5.74. The summed E-state index contributed by atoms with van der Waals surface area (Å²) in [5.74, 6) is -0.487. The Bertz CT molecular complexity index is 724. The van der Waals surface area contributed by atoms with E-state index < -0.39 is 11.9 Å². The molecule has 0 spiro atoms. The number of aliphatic hydroxyl groups excluding tert-OH is 1. The summed E-state index contributed by atoms with van der Waals surface area (Å²) in [5.41, 5.74) is 2.47. The van der Waals surface area contributed by atoms with Gasteiger partial charge in [0.25, 0.3) is 0 Å². The van der Waals surface area contributed by atoms with Crippen molar-refractivity contribution in [3.05, 3.63) is 65.5 Å². The molecule has 6 heteroatoms. The van der Waals surface area contributed by atoms with Crippen molar-refractivity contribution in [2.75, 3.05) is 31.1 Å². The van der Waals surface area contributed by atoms with Crippen LogP contribution in [0, 0.1) is 12.7 Å². The molecule has 0 heterocycles. The van der Waals surface area contributed by atoms with Crippen LogP contribution in [0.25, 0.3) is 0 Å². The maximum Gasteiger partial charge on any atom is 0.314 e. The Morgan fingerprint density at radius 1 is 1.19 bits per heavy atom. The van der Waals surface area contributed by atoms with Gasteiger partial charge in [0.15, 0.2) is 0 Å². The molecular formula is C20H26FN3O2. The number of urea groups is 1. The Kier molecular flexibility index (Phi) is 7.41. The zero-order valence-electron chi connectivity index (χ0n) is 15.2. The van der Waals surface area contributed by atoms with Crippen LogP contribution in [0.15, 0.2) is 48.5 Å². The summed E-state index contributed by atoms with van der Waals surface area (Å²) in [6.07, 6.45) is -1.08. The van der Waals surface area contributed by atoms with Gasteiger partial charge in [0.2, 0.25) is 0 Å². The summed E-state index contributed by atoms with van der Waals surface area (Å²) < 4.78 is 13.6. The lowest BCUT2D eigenvalue weighted by Gasteiger charge is -2.23. The van der Waals surface area contributed by atoms with Gasteiger partial charge in [-0.1, -0.05) is 30.3 Å². The van der Waals surface area contributed by atoms with Crippen LogP contribution in [0.3, 0.4) is 0 Å². The van der Waals surface area contributed by atoms with Gasteiger partial charge in [-0.3, -0.25) is 0 Å². The first kappa shape index (κ1) is 19.7. The van der Waals surface area contributed by atoms with Gasteiger partial charge in [-0.2, -0.15) is 0 Å². The van der Waals surface area contributed by atoms with Crippen molar-refractivity contribution in [2.45, 2.75) is 20.0 Å². The number of amides is 2. The quantitative estimate of drug-likeness (QED) is 0.679. The summed E-state index contributed by atoms with van der Waals surface area (Å²) in [6.45, 7) is 6.02. The van der Waals surface area contributed by atoms with Crippen molar-refractivity contribution >= 4 is 11.7 Å². The summed E-state index contributed by atoms with van der Waals surface area (Å²) in [6, 6.07) is 13.8. The topological polar surface area (TPSA) is 64.6 Å². The summed E-state index contributed by atoms with van der Waals surface area (Å²) >= 11 is 0. The number of nitrogens with one attached hydrogen (secondary N) is 2. The van der Waals surface area contributed by atoms with Crippen molar-refractivity contribution in [3.63, 3.8) is 0 Å². The molecule has 0 aliphatic heterocycles. The van der Waals surface area contributed by atoms with E-state index >= 15 is 0 Å². The van der Waals surface area contributed by atoms with Gasteiger partial charge in [-0.25, -0.2) is 9.18 Å². The van der Waals surface area contributed by atoms with Crippen LogP contribution in [-0.4, -0.2) is 37.3 Å². The van der Waals surface area contributed by atoms with E-state index in [2.05, 4.69) is 28.5 Å². The van der Waals surface area contributed by atoms with Crippen molar-refractivity contribution in [1.29, 1.82) is 0 Å². The number of anilines is 1. The van der Waals surface area contributed by atoms with Crippen molar-refractivity contribution < 1.29 is 14.3 Å². The zero-order chi connectivity index (χ0) is 18.9. The number of hydrogen-bond donors (Lipinski definition) is 3. The molecule has 140 valence electrons. The highest BCUT2D eigenvalue weighted by atomic mass is 19.1. The molecule has 0 saturated carbocycles. The number of carbonyl (C=O) groups excluding carboxylic acids is 1. The van der Waals surface area contributed by atoms with E-state index in [1.54, 1.807) is 12.1 Å². The zero-order valence-corrected chi connectivity index (χ0v) is 15.2. The van der Waals surface area contributed by atoms with Gasteiger partial charge in [-0.15, -0.1) is 0 Å². The minimum Gasteiger partial charge on any atom is -0.386 e. The van der Waals surface area contributed by atoms with E-state index in [4.69, 9.17) is 0 Å². The molecule has 5 nitrogen and oxygen atoms in total. The van der Waals surface area contributed by atoms with Crippen LogP contribution in [0.2, 0.25) is 0 Å². The monoisotopic (exact) mass is 359 g/mol. The third-order valence-electron chi connectivity index (χ3n) is 4.14. The first-order chi connectivity index (χ1) is 12.5. The Balaban J connectivity index is 1.75. The molecule has 0 fully saturated rings. The van der Waals surface area contributed by atoms with E-state index in [-0.39, 0.29) is 18.1 Å². The molecule has 2 amide bonds. The number of carbonyl (C=O) groups is 1. The standard InChI is InChI=1S/C20H26FN3O2/c1-3-24(16-8-6-7-15(2)13-16)12-11-22-20(26)23-14-19(25)17-9-4-5-10-18(17)21/h4-10,13,19,25H,3,11-12,14H2,1-2H3,(H2,22,23,26). The summed E-state index contributed by atoms with van der Waals surface area (Å²) in [4.78, 5) is 14.0. The number of benzene rings is 2. The first-order valence-electron chi connectivity index (χ1n) is 8.77. The molecule has 0 aromatic heterocycles.